The summed E-state index contributed by atoms with van der Waals surface area (Å²) in [7, 11) is -3.79. The lowest BCUT2D eigenvalue weighted by atomic mass is 10.1. The summed E-state index contributed by atoms with van der Waals surface area (Å²) in [5.41, 5.74) is 1.01. The molecule has 7 heteroatoms. The summed E-state index contributed by atoms with van der Waals surface area (Å²) in [4.78, 5) is 12.1. The van der Waals surface area contributed by atoms with Crippen molar-refractivity contribution in [3.05, 3.63) is 65.2 Å². The maximum Gasteiger partial charge on any atom is 0.243 e. The van der Waals surface area contributed by atoms with Gasteiger partial charge in [0.2, 0.25) is 15.9 Å². The number of nitrogens with zero attached hydrogens (tertiary/aromatic N) is 1. The van der Waals surface area contributed by atoms with E-state index in [0.717, 1.165) is 5.56 Å². The molecule has 0 saturated heterocycles. The van der Waals surface area contributed by atoms with Gasteiger partial charge in [-0.3, -0.25) is 4.79 Å². The number of hydrogen-bond acceptors (Lipinski definition) is 3. The second-order valence-electron chi connectivity index (χ2n) is 5.48. The molecule has 0 bridgehead atoms. The van der Waals surface area contributed by atoms with Gasteiger partial charge in [-0.2, -0.15) is 4.31 Å². The summed E-state index contributed by atoms with van der Waals surface area (Å²) in [6, 6.07) is 15.5. The molecule has 0 fully saturated rings. The van der Waals surface area contributed by atoms with E-state index in [1.165, 1.54) is 28.6 Å². The predicted octanol–water partition coefficient (Wildman–Crippen LogP) is 2.71. The monoisotopic (exact) mass is 380 g/mol. The van der Waals surface area contributed by atoms with Crippen LogP contribution in [0.3, 0.4) is 0 Å². The van der Waals surface area contributed by atoms with Gasteiger partial charge in [-0.05, 0) is 43.2 Å². The van der Waals surface area contributed by atoms with Gasteiger partial charge in [-0.15, -0.1) is 0 Å². The Bertz CT molecular complexity index is 793. The Morgan fingerprint density at radius 1 is 1.08 bits per heavy atom. The first-order valence-corrected chi connectivity index (χ1v) is 9.81. The molecule has 25 heavy (non-hydrogen) atoms. The Labute approximate surface area is 153 Å². The van der Waals surface area contributed by atoms with Crippen LogP contribution in [0.25, 0.3) is 0 Å². The van der Waals surface area contributed by atoms with E-state index in [-0.39, 0.29) is 23.9 Å². The van der Waals surface area contributed by atoms with Crippen molar-refractivity contribution in [3.63, 3.8) is 0 Å². The van der Waals surface area contributed by atoms with Crippen LogP contribution in [0.2, 0.25) is 5.02 Å². The first-order chi connectivity index (χ1) is 11.9. The van der Waals surface area contributed by atoms with E-state index in [1.807, 2.05) is 30.3 Å². The van der Waals surface area contributed by atoms with Crippen molar-refractivity contribution >= 4 is 27.5 Å². The quantitative estimate of drug-likeness (QED) is 0.765. The largest absolute Gasteiger partial charge is 0.355 e. The number of sulfonamides is 1. The molecule has 0 aliphatic carbocycles. The zero-order chi connectivity index (χ0) is 18.3. The number of carbonyl (C=O) groups is 1. The Balaban J connectivity index is 2.22. The van der Waals surface area contributed by atoms with Crippen molar-refractivity contribution in [3.8, 4) is 0 Å². The highest BCUT2D eigenvalue weighted by Gasteiger charge is 2.26. The van der Waals surface area contributed by atoms with Gasteiger partial charge in [0.1, 0.15) is 0 Å². The lowest BCUT2D eigenvalue weighted by molar-refractivity contribution is -0.121. The van der Waals surface area contributed by atoms with E-state index >= 15 is 0 Å². The molecule has 0 aliphatic heterocycles. The highest BCUT2D eigenvalue weighted by atomic mass is 35.5. The SMILES string of the molecule is CCNC(=O)CN(CCc1ccccc1)S(=O)(=O)c1ccc(Cl)cc1. The van der Waals surface area contributed by atoms with Crippen LogP contribution in [-0.2, 0) is 21.2 Å². The van der Waals surface area contributed by atoms with Crippen molar-refractivity contribution < 1.29 is 13.2 Å². The molecule has 134 valence electrons. The average molecular weight is 381 g/mol. The fraction of sp³-hybridized carbons (Fsp3) is 0.278. The van der Waals surface area contributed by atoms with Gasteiger partial charge in [-0.25, -0.2) is 8.42 Å². The molecule has 2 aromatic carbocycles. The number of amides is 1. The van der Waals surface area contributed by atoms with Crippen LogP contribution in [0.15, 0.2) is 59.5 Å². The molecule has 0 radical (unpaired) electrons. The second kappa shape index (κ2) is 8.99. The Morgan fingerprint density at radius 2 is 1.72 bits per heavy atom. The summed E-state index contributed by atoms with van der Waals surface area (Å²) >= 11 is 5.84. The molecule has 0 aliphatic rings. The molecule has 0 unspecified atom stereocenters. The minimum absolute atomic E-state index is 0.120. The van der Waals surface area contributed by atoms with Crippen molar-refractivity contribution in [1.29, 1.82) is 0 Å². The number of hydrogen-bond donors (Lipinski definition) is 1. The molecule has 5 nitrogen and oxygen atoms in total. The number of halogens is 1. The molecule has 2 rings (SSSR count). The second-order valence-corrected chi connectivity index (χ2v) is 7.86. The van der Waals surface area contributed by atoms with Crippen LogP contribution in [0.1, 0.15) is 12.5 Å². The van der Waals surface area contributed by atoms with Crippen molar-refractivity contribution in [1.82, 2.24) is 9.62 Å². The van der Waals surface area contributed by atoms with Crippen molar-refractivity contribution in [2.45, 2.75) is 18.2 Å². The highest BCUT2D eigenvalue weighted by Crippen LogP contribution is 2.19. The molecule has 0 spiro atoms. The third-order valence-electron chi connectivity index (χ3n) is 3.64. The summed E-state index contributed by atoms with van der Waals surface area (Å²) in [6.07, 6.45) is 0.521. The molecule has 0 saturated carbocycles. The van der Waals surface area contributed by atoms with Gasteiger partial charge in [0, 0.05) is 18.1 Å². The molecule has 0 aromatic heterocycles. The number of likely N-dealkylation sites (N-methyl/N-ethyl adjacent to an activating group) is 1. The van der Waals surface area contributed by atoms with Gasteiger partial charge in [0.05, 0.1) is 11.4 Å². The Hall–Kier alpha value is -1.89. The van der Waals surface area contributed by atoms with Gasteiger partial charge >= 0.3 is 0 Å². The molecular formula is C18H21ClN2O3S. The third kappa shape index (κ3) is 5.56. The lowest BCUT2D eigenvalue weighted by Gasteiger charge is -2.22. The number of carbonyl (C=O) groups excluding carboxylic acids is 1. The molecule has 1 N–H and O–H groups in total. The van der Waals surface area contributed by atoms with Crippen LogP contribution in [0, 0.1) is 0 Å². The zero-order valence-corrected chi connectivity index (χ0v) is 15.6. The Kier molecular flexibility index (Phi) is 6.99. The van der Waals surface area contributed by atoms with Gasteiger partial charge < -0.3 is 5.32 Å². The van der Waals surface area contributed by atoms with E-state index in [2.05, 4.69) is 5.32 Å². The van der Waals surface area contributed by atoms with E-state index in [1.54, 1.807) is 6.92 Å². The van der Waals surface area contributed by atoms with Gasteiger partial charge in [0.25, 0.3) is 0 Å². The minimum atomic E-state index is -3.79. The van der Waals surface area contributed by atoms with Crippen LogP contribution < -0.4 is 5.32 Å². The first-order valence-electron chi connectivity index (χ1n) is 8.00. The number of rotatable bonds is 8. The molecular weight excluding hydrogens is 360 g/mol. The van der Waals surface area contributed by atoms with Gasteiger partial charge in [-0.1, -0.05) is 41.9 Å². The standard InChI is InChI=1S/C18H21ClN2O3S/c1-2-20-18(22)14-21(13-12-15-6-4-3-5-7-15)25(23,24)17-10-8-16(19)9-11-17/h3-11H,2,12-14H2,1H3,(H,20,22). The Morgan fingerprint density at radius 3 is 2.32 bits per heavy atom. The molecule has 2 aromatic rings. The first kappa shape index (κ1) is 19.4. The normalized spacial score (nSPS) is 11.5. The molecule has 0 atom stereocenters. The summed E-state index contributed by atoms with van der Waals surface area (Å²) in [5.74, 6) is -0.326. The van der Waals surface area contributed by atoms with E-state index in [9.17, 15) is 13.2 Å². The molecule has 1 amide bonds. The average Bonchev–Trinajstić information content (AvgIpc) is 2.60. The predicted molar refractivity (Wildman–Crippen MR) is 99.0 cm³/mol. The van der Waals surface area contributed by atoms with Gasteiger partial charge in [0.15, 0.2) is 0 Å². The van der Waals surface area contributed by atoms with Crippen molar-refractivity contribution in [2.75, 3.05) is 19.6 Å². The zero-order valence-electron chi connectivity index (χ0n) is 14.0. The van der Waals surface area contributed by atoms with E-state index in [4.69, 9.17) is 11.6 Å². The van der Waals surface area contributed by atoms with Crippen LogP contribution >= 0.6 is 11.6 Å². The maximum absolute atomic E-state index is 12.9. The maximum atomic E-state index is 12.9. The number of benzene rings is 2. The van der Waals surface area contributed by atoms with Crippen LogP contribution in [0.4, 0.5) is 0 Å². The van der Waals surface area contributed by atoms with Crippen LogP contribution in [-0.4, -0.2) is 38.3 Å². The van der Waals surface area contributed by atoms with E-state index < -0.39 is 10.0 Å². The fourth-order valence-electron chi connectivity index (χ4n) is 2.35. The van der Waals surface area contributed by atoms with E-state index in [0.29, 0.717) is 18.0 Å². The van der Waals surface area contributed by atoms with Crippen LogP contribution in [0.5, 0.6) is 0 Å². The molecule has 0 heterocycles. The highest BCUT2D eigenvalue weighted by molar-refractivity contribution is 7.89. The summed E-state index contributed by atoms with van der Waals surface area (Å²) in [5, 5.41) is 3.10. The number of nitrogens with one attached hydrogen (secondary N) is 1. The topological polar surface area (TPSA) is 66.5 Å². The minimum Gasteiger partial charge on any atom is -0.355 e. The fourth-order valence-corrected chi connectivity index (χ4v) is 3.87. The lowest BCUT2D eigenvalue weighted by Crippen LogP contribution is -2.41. The summed E-state index contributed by atoms with van der Waals surface area (Å²) < 4.78 is 27.0. The van der Waals surface area contributed by atoms with Crippen molar-refractivity contribution in [2.24, 2.45) is 0 Å². The summed E-state index contributed by atoms with van der Waals surface area (Å²) in [6.45, 7) is 2.24. The third-order valence-corrected chi connectivity index (χ3v) is 5.75. The smallest absolute Gasteiger partial charge is 0.243 e.